The van der Waals surface area contributed by atoms with Gasteiger partial charge in [0.25, 0.3) is 5.91 Å². The Balaban J connectivity index is 1.83. The van der Waals surface area contributed by atoms with Gasteiger partial charge in [-0.3, -0.25) is 4.79 Å². The molecule has 27 heavy (non-hydrogen) atoms. The van der Waals surface area contributed by atoms with Gasteiger partial charge in [0.1, 0.15) is 0 Å². The van der Waals surface area contributed by atoms with Gasteiger partial charge in [-0.25, -0.2) is 5.43 Å². The van der Waals surface area contributed by atoms with Gasteiger partial charge >= 0.3 is 0 Å². The van der Waals surface area contributed by atoms with E-state index in [-0.39, 0.29) is 5.91 Å². The van der Waals surface area contributed by atoms with Gasteiger partial charge < -0.3 is 4.57 Å². The summed E-state index contributed by atoms with van der Waals surface area (Å²) < 4.78 is 2.74. The number of hydrogen-bond acceptors (Lipinski definition) is 2. The fourth-order valence-corrected chi connectivity index (χ4v) is 3.78. The first kappa shape index (κ1) is 19.7. The molecule has 138 valence electrons. The number of nitrogens with zero attached hydrogens (tertiary/aromatic N) is 2. The van der Waals surface area contributed by atoms with Crippen molar-refractivity contribution in [1.82, 2.24) is 9.99 Å². The number of halogens is 3. The van der Waals surface area contributed by atoms with Crippen LogP contribution in [0.4, 0.5) is 0 Å². The molecule has 3 aromatic rings. The molecular weight excluding hydrogens is 449 g/mol. The maximum atomic E-state index is 12.2. The molecule has 0 unspecified atom stereocenters. The second-order valence-corrected chi connectivity index (χ2v) is 7.63. The molecular formula is C20H16BrCl2N3O. The molecule has 0 aliphatic rings. The SMILES string of the molecule is Cc1cc(/C=N/NC(=O)c2ccccc2Br)c(C)n1-c1ccc(Cl)cc1Cl. The van der Waals surface area contributed by atoms with Crippen LogP contribution in [-0.2, 0) is 0 Å². The van der Waals surface area contributed by atoms with E-state index in [2.05, 4.69) is 26.5 Å². The van der Waals surface area contributed by atoms with E-state index < -0.39 is 0 Å². The van der Waals surface area contributed by atoms with Crippen molar-refractivity contribution in [3.05, 3.63) is 85.6 Å². The van der Waals surface area contributed by atoms with Crippen LogP contribution in [0, 0.1) is 13.8 Å². The lowest BCUT2D eigenvalue weighted by atomic mass is 10.2. The molecule has 1 amide bonds. The third-order valence-electron chi connectivity index (χ3n) is 4.11. The van der Waals surface area contributed by atoms with Gasteiger partial charge in [0.15, 0.2) is 0 Å². The summed E-state index contributed by atoms with van der Waals surface area (Å²) in [5.74, 6) is -0.284. The van der Waals surface area contributed by atoms with Crippen molar-refractivity contribution in [3.63, 3.8) is 0 Å². The van der Waals surface area contributed by atoms with Gasteiger partial charge in [0.2, 0.25) is 0 Å². The number of rotatable bonds is 4. The molecule has 1 aromatic heterocycles. The Kier molecular flexibility index (Phi) is 6.05. The third kappa shape index (κ3) is 4.26. The molecule has 0 atom stereocenters. The Morgan fingerprint density at radius 1 is 1.15 bits per heavy atom. The standard InChI is InChI=1S/C20H16BrCl2N3O/c1-12-9-14(11-24-25-20(27)16-5-3-4-6-17(16)21)13(2)26(12)19-8-7-15(22)10-18(19)23/h3-11H,1-2H3,(H,25,27)/b24-11+. The Labute approximate surface area is 175 Å². The molecule has 0 radical (unpaired) electrons. The third-order valence-corrected chi connectivity index (χ3v) is 5.34. The van der Waals surface area contributed by atoms with Crippen molar-refractivity contribution in [3.8, 4) is 5.69 Å². The second-order valence-electron chi connectivity index (χ2n) is 5.94. The van der Waals surface area contributed by atoms with E-state index in [4.69, 9.17) is 23.2 Å². The summed E-state index contributed by atoms with van der Waals surface area (Å²) in [5.41, 5.74) is 6.74. The number of nitrogens with one attached hydrogen (secondary N) is 1. The minimum atomic E-state index is -0.284. The molecule has 1 heterocycles. The van der Waals surface area contributed by atoms with Crippen molar-refractivity contribution in [1.29, 1.82) is 0 Å². The predicted octanol–water partition coefficient (Wildman–Crippen LogP) is 5.93. The first-order chi connectivity index (χ1) is 12.9. The minimum Gasteiger partial charge on any atom is -0.316 e. The summed E-state index contributed by atoms with van der Waals surface area (Å²) in [7, 11) is 0. The van der Waals surface area contributed by atoms with Gasteiger partial charge in [0.05, 0.1) is 22.5 Å². The molecule has 0 saturated heterocycles. The van der Waals surface area contributed by atoms with Gasteiger partial charge in [0, 0.05) is 26.4 Å². The first-order valence-electron chi connectivity index (χ1n) is 8.11. The molecule has 0 bridgehead atoms. The number of hydrazone groups is 1. The summed E-state index contributed by atoms with van der Waals surface area (Å²) in [6.45, 7) is 3.95. The van der Waals surface area contributed by atoms with E-state index in [0.29, 0.717) is 20.1 Å². The zero-order valence-corrected chi connectivity index (χ0v) is 17.7. The van der Waals surface area contributed by atoms with E-state index in [9.17, 15) is 4.79 Å². The Bertz CT molecular complexity index is 1040. The van der Waals surface area contributed by atoms with Crippen LogP contribution >= 0.6 is 39.1 Å². The molecule has 0 aliphatic carbocycles. The number of carbonyl (C=O) groups excluding carboxylic acids is 1. The molecule has 3 rings (SSSR count). The van der Waals surface area contributed by atoms with Crippen LogP contribution in [0.3, 0.4) is 0 Å². The highest BCUT2D eigenvalue weighted by atomic mass is 79.9. The average Bonchev–Trinajstić information content (AvgIpc) is 2.89. The molecule has 4 nitrogen and oxygen atoms in total. The van der Waals surface area contributed by atoms with E-state index in [1.54, 1.807) is 30.5 Å². The fourth-order valence-electron chi connectivity index (χ4n) is 2.82. The highest BCUT2D eigenvalue weighted by Gasteiger charge is 2.13. The van der Waals surface area contributed by atoms with E-state index in [1.807, 2.05) is 42.7 Å². The number of benzene rings is 2. The molecule has 0 fully saturated rings. The number of carbonyl (C=O) groups is 1. The minimum absolute atomic E-state index is 0.284. The molecule has 7 heteroatoms. The van der Waals surface area contributed by atoms with E-state index in [0.717, 1.165) is 22.6 Å². The van der Waals surface area contributed by atoms with Gasteiger partial charge in [-0.2, -0.15) is 5.10 Å². The lowest BCUT2D eigenvalue weighted by Crippen LogP contribution is -2.18. The normalized spacial score (nSPS) is 11.1. The summed E-state index contributed by atoms with van der Waals surface area (Å²) in [6, 6.07) is 14.5. The van der Waals surface area contributed by atoms with Crippen LogP contribution in [0.5, 0.6) is 0 Å². The highest BCUT2D eigenvalue weighted by Crippen LogP contribution is 2.28. The van der Waals surface area contributed by atoms with Gasteiger partial charge in [-0.05, 0) is 66.2 Å². The number of aromatic nitrogens is 1. The quantitative estimate of drug-likeness (QED) is 0.377. The topological polar surface area (TPSA) is 46.4 Å². The molecule has 0 spiro atoms. The number of aryl methyl sites for hydroxylation is 1. The summed E-state index contributed by atoms with van der Waals surface area (Å²) >= 11 is 15.7. The Morgan fingerprint density at radius 2 is 1.89 bits per heavy atom. The lowest BCUT2D eigenvalue weighted by Gasteiger charge is -2.11. The van der Waals surface area contributed by atoms with Gasteiger partial charge in [-0.15, -0.1) is 0 Å². The monoisotopic (exact) mass is 463 g/mol. The van der Waals surface area contributed by atoms with Crippen LogP contribution in [0.2, 0.25) is 10.0 Å². The van der Waals surface area contributed by atoms with Crippen LogP contribution < -0.4 is 5.43 Å². The fraction of sp³-hybridized carbons (Fsp3) is 0.100. The lowest BCUT2D eigenvalue weighted by molar-refractivity contribution is 0.0954. The molecule has 0 saturated carbocycles. The first-order valence-corrected chi connectivity index (χ1v) is 9.65. The maximum Gasteiger partial charge on any atom is 0.272 e. The largest absolute Gasteiger partial charge is 0.316 e. The zero-order valence-electron chi connectivity index (χ0n) is 14.6. The van der Waals surface area contributed by atoms with Crippen molar-refractivity contribution < 1.29 is 4.79 Å². The molecule has 1 N–H and O–H groups in total. The predicted molar refractivity (Wildman–Crippen MR) is 114 cm³/mol. The Morgan fingerprint density at radius 3 is 2.59 bits per heavy atom. The maximum absolute atomic E-state index is 12.2. The van der Waals surface area contributed by atoms with Crippen molar-refractivity contribution in [2.45, 2.75) is 13.8 Å². The number of hydrogen-bond donors (Lipinski definition) is 1. The van der Waals surface area contributed by atoms with Gasteiger partial charge in [-0.1, -0.05) is 35.3 Å². The Hall–Kier alpha value is -2.08. The average molecular weight is 465 g/mol. The van der Waals surface area contributed by atoms with Crippen LogP contribution in [-0.4, -0.2) is 16.7 Å². The zero-order chi connectivity index (χ0) is 19.6. The van der Waals surface area contributed by atoms with Crippen LogP contribution in [0.15, 0.2) is 58.1 Å². The van der Waals surface area contributed by atoms with E-state index >= 15 is 0 Å². The van der Waals surface area contributed by atoms with Crippen LogP contribution in [0.1, 0.15) is 27.3 Å². The van der Waals surface area contributed by atoms with Crippen molar-refractivity contribution in [2.24, 2.45) is 5.10 Å². The number of amides is 1. The summed E-state index contributed by atoms with van der Waals surface area (Å²) in [4.78, 5) is 12.2. The second kappa shape index (κ2) is 8.30. The summed E-state index contributed by atoms with van der Waals surface area (Å²) in [5, 5.41) is 5.24. The molecule has 2 aromatic carbocycles. The van der Waals surface area contributed by atoms with Crippen LogP contribution in [0.25, 0.3) is 5.69 Å². The summed E-state index contributed by atoms with van der Waals surface area (Å²) in [6.07, 6.45) is 1.62. The smallest absolute Gasteiger partial charge is 0.272 e. The highest BCUT2D eigenvalue weighted by molar-refractivity contribution is 9.10. The van der Waals surface area contributed by atoms with Crippen molar-refractivity contribution >= 4 is 51.3 Å². The van der Waals surface area contributed by atoms with E-state index in [1.165, 1.54) is 0 Å². The molecule has 0 aliphatic heterocycles. The van der Waals surface area contributed by atoms with Crippen molar-refractivity contribution in [2.75, 3.05) is 0 Å².